The highest BCUT2D eigenvalue weighted by Crippen LogP contribution is 2.32. The molecule has 0 aliphatic carbocycles. The molecule has 1 atom stereocenters. The number of alkyl halides is 3. The number of halogens is 3. The monoisotopic (exact) mass is 451 g/mol. The number of hydrogen-bond acceptors (Lipinski definition) is 4. The van der Waals surface area contributed by atoms with E-state index in [1.54, 1.807) is 0 Å². The molecule has 32 heavy (non-hydrogen) atoms. The molecule has 1 amide bonds. The van der Waals surface area contributed by atoms with E-state index < -0.39 is 17.9 Å². The van der Waals surface area contributed by atoms with E-state index in [0.717, 1.165) is 5.56 Å². The summed E-state index contributed by atoms with van der Waals surface area (Å²) < 4.78 is 46.3. The van der Waals surface area contributed by atoms with Gasteiger partial charge < -0.3 is 19.5 Å². The van der Waals surface area contributed by atoms with Gasteiger partial charge in [0, 0.05) is 13.0 Å². The molecule has 1 N–H and O–H groups in total. The van der Waals surface area contributed by atoms with Crippen LogP contribution >= 0.6 is 0 Å². The van der Waals surface area contributed by atoms with E-state index >= 15 is 0 Å². The van der Waals surface area contributed by atoms with Gasteiger partial charge in [0.05, 0.1) is 13.2 Å². The molecule has 0 aromatic heterocycles. The van der Waals surface area contributed by atoms with Gasteiger partial charge >= 0.3 is 12.3 Å². The Morgan fingerprint density at radius 1 is 1.03 bits per heavy atom. The maximum atomic E-state index is 12.9. The summed E-state index contributed by atoms with van der Waals surface area (Å²) in [5.74, 6) is -1.78. The molecular formula is C23H24F3NO5. The van der Waals surface area contributed by atoms with Crippen molar-refractivity contribution in [2.24, 2.45) is 0 Å². The zero-order chi connectivity index (χ0) is 23.2. The third-order valence-corrected chi connectivity index (χ3v) is 5.42. The van der Waals surface area contributed by atoms with Gasteiger partial charge in [-0.05, 0) is 42.5 Å². The van der Waals surface area contributed by atoms with Crippen molar-refractivity contribution < 1.29 is 37.3 Å². The number of benzene rings is 2. The fraction of sp³-hybridized carbons (Fsp3) is 0.391. The Morgan fingerprint density at radius 2 is 1.72 bits per heavy atom. The lowest BCUT2D eigenvalue weighted by molar-refractivity contribution is -0.274. The largest absolute Gasteiger partial charge is 0.573 e. The first kappa shape index (κ1) is 23.6. The number of hydrogen-bond donors (Lipinski definition) is 1. The highest BCUT2D eigenvalue weighted by Gasteiger charge is 2.50. The first-order valence-electron chi connectivity index (χ1n) is 10.2. The number of carbonyl (C=O) groups is 2. The second-order valence-electron chi connectivity index (χ2n) is 7.66. The van der Waals surface area contributed by atoms with Crippen molar-refractivity contribution in [2.45, 2.75) is 44.2 Å². The average molecular weight is 451 g/mol. The maximum absolute atomic E-state index is 12.9. The predicted molar refractivity (Wildman–Crippen MR) is 109 cm³/mol. The fourth-order valence-electron chi connectivity index (χ4n) is 3.83. The van der Waals surface area contributed by atoms with Crippen LogP contribution in [0.15, 0.2) is 54.6 Å². The van der Waals surface area contributed by atoms with Gasteiger partial charge in [-0.15, -0.1) is 13.2 Å². The summed E-state index contributed by atoms with van der Waals surface area (Å²) in [6, 6.07) is 14.6. The molecule has 1 aliphatic rings. The van der Waals surface area contributed by atoms with Gasteiger partial charge in [0.1, 0.15) is 5.75 Å². The molecule has 1 unspecified atom stereocenters. The normalized spacial score (nSPS) is 18.5. The van der Waals surface area contributed by atoms with Crippen LogP contribution < -0.4 is 4.74 Å². The van der Waals surface area contributed by atoms with Crippen molar-refractivity contribution >= 4 is 11.9 Å². The number of nitrogens with zero attached hydrogens (tertiary/aromatic N) is 1. The third-order valence-electron chi connectivity index (χ3n) is 5.42. The standard InChI is InChI=1S/C23H24F3NO5/c24-23(25,26)32-19-10-7-17(8-11-19)9-12-20(28)27-14-4-13-22(27,21(29)30)16-31-15-18-5-2-1-3-6-18/h1-3,5-8,10-11H,4,9,12-16H2,(H,29,30). The van der Waals surface area contributed by atoms with Crippen molar-refractivity contribution in [1.29, 1.82) is 0 Å². The van der Waals surface area contributed by atoms with E-state index in [2.05, 4.69) is 4.74 Å². The summed E-state index contributed by atoms with van der Waals surface area (Å²) in [6.45, 7) is 0.439. The SMILES string of the molecule is O=C(CCc1ccc(OC(F)(F)F)cc1)N1CCCC1(COCc1ccccc1)C(=O)O. The van der Waals surface area contributed by atoms with Gasteiger partial charge in [0.15, 0.2) is 5.54 Å². The first-order chi connectivity index (χ1) is 15.2. The highest BCUT2D eigenvalue weighted by molar-refractivity contribution is 5.88. The van der Waals surface area contributed by atoms with Crippen molar-refractivity contribution in [2.75, 3.05) is 13.2 Å². The molecule has 9 heteroatoms. The molecule has 1 heterocycles. The minimum Gasteiger partial charge on any atom is -0.479 e. The summed E-state index contributed by atoms with van der Waals surface area (Å²) >= 11 is 0. The molecule has 172 valence electrons. The minimum atomic E-state index is -4.77. The number of carbonyl (C=O) groups excluding carboxylic acids is 1. The second kappa shape index (κ2) is 10.0. The number of carboxylic acid groups (broad SMARTS) is 1. The average Bonchev–Trinajstić information content (AvgIpc) is 3.18. The topological polar surface area (TPSA) is 76.1 Å². The summed E-state index contributed by atoms with van der Waals surface area (Å²) in [6.07, 6.45) is -3.62. The summed E-state index contributed by atoms with van der Waals surface area (Å²) in [4.78, 5) is 26.3. The number of aliphatic carboxylic acids is 1. The Labute approximate surface area is 183 Å². The molecule has 0 spiro atoms. The van der Waals surface area contributed by atoms with Gasteiger partial charge in [-0.2, -0.15) is 0 Å². The van der Waals surface area contributed by atoms with E-state index in [0.29, 0.717) is 24.9 Å². The Kier molecular flexibility index (Phi) is 7.40. The van der Waals surface area contributed by atoms with Crippen molar-refractivity contribution in [3.8, 4) is 5.75 Å². The van der Waals surface area contributed by atoms with Crippen LogP contribution in [-0.4, -0.2) is 46.9 Å². The van der Waals surface area contributed by atoms with Crippen LogP contribution in [0, 0.1) is 0 Å². The summed E-state index contributed by atoms with van der Waals surface area (Å²) in [5.41, 5.74) is 0.131. The Balaban J connectivity index is 1.59. The molecule has 0 radical (unpaired) electrons. The van der Waals surface area contributed by atoms with E-state index in [4.69, 9.17) is 4.74 Å². The van der Waals surface area contributed by atoms with Crippen LogP contribution in [-0.2, 0) is 27.4 Å². The van der Waals surface area contributed by atoms with Crippen LogP contribution in [0.2, 0.25) is 0 Å². The third kappa shape index (κ3) is 6.00. The Bertz CT molecular complexity index is 917. The van der Waals surface area contributed by atoms with E-state index in [1.807, 2.05) is 30.3 Å². The zero-order valence-corrected chi connectivity index (χ0v) is 17.3. The number of rotatable bonds is 9. The number of likely N-dealkylation sites (tertiary alicyclic amines) is 1. The quantitative estimate of drug-likeness (QED) is 0.619. The van der Waals surface area contributed by atoms with Crippen LogP contribution in [0.25, 0.3) is 0 Å². The van der Waals surface area contributed by atoms with Gasteiger partial charge in [0.2, 0.25) is 5.91 Å². The molecule has 1 saturated heterocycles. The van der Waals surface area contributed by atoms with Crippen LogP contribution in [0.3, 0.4) is 0 Å². The maximum Gasteiger partial charge on any atom is 0.573 e. The molecule has 1 fully saturated rings. The molecule has 2 aromatic rings. The minimum absolute atomic E-state index is 0.0349. The van der Waals surface area contributed by atoms with Gasteiger partial charge in [-0.3, -0.25) is 4.79 Å². The number of amides is 1. The van der Waals surface area contributed by atoms with Crippen molar-refractivity contribution in [3.05, 3.63) is 65.7 Å². The number of aryl methyl sites for hydroxylation is 1. The van der Waals surface area contributed by atoms with Crippen LogP contribution in [0.5, 0.6) is 5.75 Å². The number of carboxylic acids is 1. The molecule has 0 bridgehead atoms. The summed E-state index contributed by atoms with van der Waals surface area (Å²) in [5, 5.41) is 9.91. The van der Waals surface area contributed by atoms with E-state index in [1.165, 1.54) is 29.2 Å². The second-order valence-corrected chi connectivity index (χ2v) is 7.66. The first-order valence-corrected chi connectivity index (χ1v) is 10.2. The molecule has 1 aliphatic heterocycles. The Hall–Kier alpha value is -3.07. The molecule has 3 rings (SSSR count). The fourth-order valence-corrected chi connectivity index (χ4v) is 3.83. The summed E-state index contributed by atoms with van der Waals surface area (Å²) in [7, 11) is 0. The van der Waals surface area contributed by atoms with Crippen molar-refractivity contribution in [1.82, 2.24) is 4.90 Å². The molecule has 2 aromatic carbocycles. The number of ether oxygens (including phenoxy) is 2. The smallest absolute Gasteiger partial charge is 0.479 e. The lowest BCUT2D eigenvalue weighted by atomic mass is 9.96. The van der Waals surface area contributed by atoms with E-state index in [-0.39, 0.29) is 37.7 Å². The van der Waals surface area contributed by atoms with Gasteiger partial charge in [-0.1, -0.05) is 42.5 Å². The lowest BCUT2D eigenvalue weighted by Gasteiger charge is -2.34. The van der Waals surface area contributed by atoms with Crippen LogP contribution in [0.1, 0.15) is 30.4 Å². The van der Waals surface area contributed by atoms with Gasteiger partial charge in [-0.25, -0.2) is 4.79 Å². The van der Waals surface area contributed by atoms with Gasteiger partial charge in [0.25, 0.3) is 0 Å². The lowest BCUT2D eigenvalue weighted by Crippen LogP contribution is -2.56. The molecule has 6 nitrogen and oxygen atoms in total. The Morgan fingerprint density at radius 3 is 2.34 bits per heavy atom. The van der Waals surface area contributed by atoms with Crippen molar-refractivity contribution in [3.63, 3.8) is 0 Å². The predicted octanol–water partition coefficient (Wildman–Crippen LogP) is 4.18. The van der Waals surface area contributed by atoms with Crippen LogP contribution in [0.4, 0.5) is 13.2 Å². The molecule has 0 saturated carbocycles. The zero-order valence-electron chi connectivity index (χ0n) is 17.3. The van der Waals surface area contributed by atoms with E-state index in [9.17, 15) is 27.9 Å². The molecular weight excluding hydrogens is 427 g/mol. The highest BCUT2D eigenvalue weighted by atomic mass is 19.4.